The molecule has 21 heavy (non-hydrogen) atoms. The zero-order chi connectivity index (χ0) is 15.6. The molecule has 0 amide bonds. The van der Waals surface area contributed by atoms with Crippen molar-refractivity contribution in [1.29, 1.82) is 0 Å². The second-order valence-corrected chi connectivity index (χ2v) is 5.02. The van der Waals surface area contributed by atoms with E-state index in [9.17, 15) is 17.6 Å². The van der Waals surface area contributed by atoms with Gasteiger partial charge < -0.3 is 0 Å². The molecule has 0 spiro atoms. The van der Waals surface area contributed by atoms with Crippen molar-refractivity contribution in [3.05, 3.63) is 71.3 Å². The van der Waals surface area contributed by atoms with Crippen LogP contribution in [0.3, 0.4) is 0 Å². The molecular formula is C16H12F4S. The van der Waals surface area contributed by atoms with Crippen molar-refractivity contribution in [3.63, 3.8) is 0 Å². The molecule has 0 aliphatic heterocycles. The molecule has 0 aromatic heterocycles. The maximum Gasteiger partial charge on any atom is 0.198 e. The van der Waals surface area contributed by atoms with Crippen molar-refractivity contribution < 1.29 is 17.6 Å². The minimum atomic E-state index is -1.86. The van der Waals surface area contributed by atoms with E-state index in [0.717, 1.165) is 5.56 Å². The molecule has 0 saturated carbocycles. The predicted octanol–water partition coefficient (Wildman–Crippen LogP) is 5.18. The van der Waals surface area contributed by atoms with Gasteiger partial charge in [0.1, 0.15) is 0 Å². The minimum absolute atomic E-state index is 0.166. The van der Waals surface area contributed by atoms with Gasteiger partial charge in [-0.1, -0.05) is 36.9 Å². The summed E-state index contributed by atoms with van der Waals surface area (Å²) in [4.78, 5) is -0.565. The van der Waals surface area contributed by atoms with Crippen LogP contribution in [0.15, 0.2) is 41.8 Å². The van der Waals surface area contributed by atoms with Crippen molar-refractivity contribution in [3.8, 4) is 0 Å². The van der Waals surface area contributed by atoms with Crippen molar-refractivity contribution in [1.82, 2.24) is 0 Å². The van der Waals surface area contributed by atoms with Gasteiger partial charge in [0.15, 0.2) is 23.3 Å². The Morgan fingerprint density at radius 1 is 0.905 bits per heavy atom. The molecule has 5 heteroatoms. The van der Waals surface area contributed by atoms with Crippen LogP contribution in [0.5, 0.6) is 0 Å². The molecule has 0 fully saturated rings. The Bertz CT molecular complexity index is 651. The summed E-state index contributed by atoms with van der Waals surface area (Å²) in [5, 5.41) is 0. The van der Waals surface area contributed by atoms with Gasteiger partial charge in [0, 0.05) is 5.56 Å². The Balaban J connectivity index is 2.28. The average Bonchev–Trinajstić information content (AvgIpc) is 2.50. The molecule has 0 N–H and O–H groups in total. The van der Waals surface area contributed by atoms with E-state index >= 15 is 0 Å². The fourth-order valence-electron chi connectivity index (χ4n) is 2.01. The van der Waals surface area contributed by atoms with Gasteiger partial charge in [-0.25, -0.2) is 17.6 Å². The highest BCUT2D eigenvalue weighted by Gasteiger charge is 2.24. The van der Waals surface area contributed by atoms with Crippen LogP contribution in [-0.2, 0) is 6.42 Å². The highest BCUT2D eigenvalue weighted by molar-refractivity contribution is 7.80. The molecule has 2 aromatic rings. The highest BCUT2D eigenvalue weighted by atomic mass is 32.1. The lowest BCUT2D eigenvalue weighted by Gasteiger charge is -2.12. The molecule has 0 radical (unpaired) electrons. The van der Waals surface area contributed by atoms with Gasteiger partial charge in [0.05, 0.1) is 4.90 Å². The van der Waals surface area contributed by atoms with Crippen molar-refractivity contribution >= 4 is 18.2 Å². The van der Waals surface area contributed by atoms with Crippen LogP contribution in [0.2, 0.25) is 0 Å². The van der Waals surface area contributed by atoms with Crippen LogP contribution < -0.4 is 0 Å². The summed E-state index contributed by atoms with van der Waals surface area (Å²) < 4.78 is 53.6. The number of benzene rings is 2. The normalized spacial score (nSPS) is 10.7. The lowest BCUT2D eigenvalue weighted by molar-refractivity contribution is 0.397. The standard InChI is InChI=1S/C16H12F4S/c1-9(7-8-10-5-3-2-4-6-10)11-12(17)13(18)14(19)15(20)16(11)21/h2-6,21H,1,7-8H2. The number of rotatable bonds is 4. The molecule has 0 saturated heterocycles. The Kier molecular flexibility index (Phi) is 4.73. The summed E-state index contributed by atoms with van der Waals surface area (Å²) in [6, 6.07) is 9.29. The average molecular weight is 312 g/mol. The molecule has 110 valence electrons. The van der Waals surface area contributed by atoms with Gasteiger partial charge in [0.2, 0.25) is 0 Å². The van der Waals surface area contributed by atoms with Gasteiger partial charge in [-0.05, 0) is 24.0 Å². The van der Waals surface area contributed by atoms with Crippen LogP contribution in [0.1, 0.15) is 17.5 Å². The van der Waals surface area contributed by atoms with E-state index in [2.05, 4.69) is 19.2 Å². The molecule has 0 atom stereocenters. The van der Waals surface area contributed by atoms with Gasteiger partial charge in [-0.3, -0.25) is 0 Å². The zero-order valence-corrected chi connectivity index (χ0v) is 11.9. The van der Waals surface area contributed by atoms with Crippen molar-refractivity contribution in [2.45, 2.75) is 17.7 Å². The number of aryl methyl sites for hydroxylation is 1. The third-order valence-corrected chi connectivity index (χ3v) is 3.57. The number of halogens is 4. The van der Waals surface area contributed by atoms with E-state index in [0.29, 0.717) is 6.42 Å². The predicted molar refractivity (Wildman–Crippen MR) is 77.3 cm³/mol. The first-order valence-corrected chi connectivity index (χ1v) is 6.65. The van der Waals surface area contributed by atoms with E-state index in [1.807, 2.05) is 30.3 Å². The van der Waals surface area contributed by atoms with Crippen LogP contribution in [0.4, 0.5) is 17.6 Å². The molecule has 0 aliphatic carbocycles. The monoisotopic (exact) mass is 312 g/mol. The van der Waals surface area contributed by atoms with Crippen LogP contribution in [0, 0.1) is 23.3 Å². The van der Waals surface area contributed by atoms with Crippen LogP contribution in [-0.4, -0.2) is 0 Å². The first kappa shape index (κ1) is 15.6. The molecule has 2 rings (SSSR count). The van der Waals surface area contributed by atoms with Gasteiger partial charge in [-0.2, -0.15) is 0 Å². The lowest BCUT2D eigenvalue weighted by atomic mass is 9.98. The summed E-state index contributed by atoms with van der Waals surface area (Å²) in [6.07, 6.45) is 0.798. The quantitative estimate of drug-likeness (QED) is 0.342. The molecule has 0 bridgehead atoms. The van der Waals surface area contributed by atoms with Crippen molar-refractivity contribution in [2.75, 3.05) is 0 Å². The van der Waals surface area contributed by atoms with Gasteiger partial charge in [0.25, 0.3) is 0 Å². The molecule has 0 aliphatic rings. The number of hydrogen-bond donors (Lipinski definition) is 1. The highest BCUT2D eigenvalue weighted by Crippen LogP contribution is 2.33. The van der Waals surface area contributed by atoms with E-state index in [-0.39, 0.29) is 12.0 Å². The topological polar surface area (TPSA) is 0 Å². The molecule has 0 nitrogen and oxygen atoms in total. The number of allylic oxidation sites excluding steroid dienone is 1. The minimum Gasteiger partial charge on any atom is -0.203 e. The maximum atomic E-state index is 13.8. The Labute approximate surface area is 125 Å². The molecule has 0 unspecified atom stereocenters. The summed E-state index contributed by atoms with van der Waals surface area (Å²) in [7, 11) is 0. The third-order valence-electron chi connectivity index (χ3n) is 3.15. The van der Waals surface area contributed by atoms with Crippen LogP contribution in [0.25, 0.3) is 5.57 Å². The summed E-state index contributed by atoms with van der Waals surface area (Å²) in [6.45, 7) is 3.63. The lowest BCUT2D eigenvalue weighted by Crippen LogP contribution is -2.04. The van der Waals surface area contributed by atoms with E-state index < -0.39 is 33.7 Å². The second-order valence-electron chi connectivity index (χ2n) is 4.57. The first-order valence-electron chi connectivity index (χ1n) is 6.20. The SMILES string of the molecule is C=C(CCc1ccccc1)c1c(F)c(F)c(F)c(F)c1S. The van der Waals surface area contributed by atoms with Crippen molar-refractivity contribution in [2.24, 2.45) is 0 Å². The maximum absolute atomic E-state index is 13.8. The molecular weight excluding hydrogens is 300 g/mol. The molecule has 2 aromatic carbocycles. The van der Waals surface area contributed by atoms with Gasteiger partial charge in [-0.15, -0.1) is 12.6 Å². The van der Waals surface area contributed by atoms with E-state index in [4.69, 9.17) is 0 Å². The fourth-order valence-corrected chi connectivity index (χ4v) is 2.36. The summed E-state index contributed by atoms with van der Waals surface area (Å²) in [5.41, 5.74) is 0.729. The number of hydrogen-bond acceptors (Lipinski definition) is 1. The third kappa shape index (κ3) is 3.13. The Morgan fingerprint density at radius 2 is 1.48 bits per heavy atom. The summed E-state index contributed by atoms with van der Waals surface area (Å²) >= 11 is 3.74. The second kappa shape index (κ2) is 6.35. The summed E-state index contributed by atoms with van der Waals surface area (Å²) in [5.74, 6) is -6.68. The van der Waals surface area contributed by atoms with Gasteiger partial charge >= 0.3 is 0 Å². The van der Waals surface area contributed by atoms with E-state index in [1.165, 1.54) is 0 Å². The smallest absolute Gasteiger partial charge is 0.198 e. The Morgan fingerprint density at radius 3 is 2.10 bits per heavy atom. The molecule has 0 heterocycles. The largest absolute Gasteiger partial charge is 0.203 e. The fraction of sp³-hybridized carbons (Fsp3) is 0.125. The number of thiol groups is 1. The Hall–Kier alpha value is -1.75. The first-order chi connectivity index (χ1) is 9.93. The van der Waals surface area contributed by atoms with E-state index in [1.54, 1.807) is 0 Å². The van der Waals surface area contributed by atoms with Crippen LogP contribution >= 0.6 is 12.6 Å². The zero-order valence-electron chi connectivity index (χ0n) is 11.0.